The van der Waals surface area contributed by atoms with Crippen LogP contribution in [0, 0.1) is 11.3 Å². The Balaban J connectivity index is 0.00000267. The molecule has 1 saturated carbocycles. The molecule has 3 heterocycles. The monoisotopic (exact) mass is 502 g/mol. The van der Waals surface area contributed by atoms with E-state index in [0.717, 1.165) is 55.3 Å². The van der Waals surface area contributed by atoms with Gasteiger partial charge < -0.3 is 5.32 Å². The summed E-state index contributed by atoms with van der Waals surface area (Å²) in [7, 11) is 1.88. The normalized spacial score (nSPS) is 22.0. The van der Waals surface area contributed by atoms with Gasteiger partial charge in [-0.2, -0.15) is 23.9 Å². The van der Waals surface area contributed by atoms with Crippen molar-refractivity contribution in [3.63, 3.8) is 0 Å². The van der Waals surface area contributed by atoms with Crippen LogP contribution in [-0.4, -0.2) is 68.3 Å². The molecule has 3 aliphatic rings. The zero-order chi connectivity index (χ0) is 24.0. The summed E-state index contributed by atoms with van der Waals surface area (Å²) < 4.78 is 1.73. The smallest absolute Gasteiger partial charge is 0.228 e. The van der Waals surface area contributed by atoms with Crippen molar-refractivity contribution in [2.45, 2.75) is 44.1 Å². The molecule has 0 unspecified atom stereocenters. The molecule has 0 spiro atoms. The first-order valence-corrected chi connectivity index (χ1v) is 12.6. The molecule has 6 rings (SSSR count). The van der Waals surface area contributed by atoms with E-state index in [-0.39, 0.29) is 18.9 Å². The lowest BCUT2D eigenvalue weighted by Crippen LogP contribution is -2.50. The summed E-state index contributed by atoms with van der Waals surface area (Å²) >= 11 is 0. The zero-order valence-electron chi connectivity index (χ0n) is 21.0. The first kappa shape index (κ1) is 24.8. The maximum absolute atomic E-state index is 9.98. The van der Waals surface area contributed by atoms with Crippen molar-refractivity contribution in [1.29, 1.82) is 5.26 Å². The Labute approximate surface area is 219 Å². The first-order valence-electron chi connectivity index (χ1n) is 12.6. The molecular weight excluding hydrogens is 468 g/mol. The summed E-state index contributed by atoms with van der Waals surface area (Å²) in [4.78, 5) is 14.4. The van der Waals surface area contributed by atoms with Gasteiger partial charge in [-0.25, -0.2) is 9.97 Å². The van der Waals surface area contributed by atoms with E-state index in [4.69, 9.17) is 4.98 Å². The SMILES string of the molecule is Cn1ccc(Nc2nccc(-c3cc(C#N)c4c(c3)[C@](C)(CN3CCN(C5CC5)CC3)CC4)n2)n1.S. The number of piperazine rings is 1. The Kier molecular flexibility index (Phi) is 6.77. The Morgan fingerprint density at radius 1 is 1.17 bits per heavy atom. The Bertz CT molecular complexity index is 1290. The maximum Gasteiger partial charge on any atom is 0.228 e. The Morgan fingerprint density at radius 3 is 2.67 bits per heavy atom. The lowest BCUT2D eigenvalue weighted by atomic mass is 9.81. The van der Waals surface area contributed by atoms with Gasteiger partial charge in [-0.3, -0.25) is 14.5 Å². The van der Waals surface area contributed by atoms with E-state index in [1.54, 1.807) is 10.9 Å². The highest BCUT2D eigenvalue weighted by Gasteiger charge is 2.39. The van der Waals surface area contributed by atoms with Gasteiger partial charge in [0, 0.05) is 75.3 Å². The van der Waals surface area contributed by atoms with Crippen molar-refractivity contribution in [3.8, 4) is 17.3 Å². The molecule has 1 saturated heterocycles. The number of fused-ring (bicyclic) bond motifs is 1. The molecule has 8 nitrogen and oxygen atoms in total. The van der Waals surface area contributed by atoms with Crippen molar-refractivity contribution in [2.75, 3.05) is 38.0 Å². The second kappa shape index (κ2) is 9.85. The molecule has 1 N–H and O–H groups in total. The molecule has 0 radical (unpaired) electrons. The summed E-state index contributed by atoms with van der Waals surface area (Å²) in [5.41, 5.74) is 5.13. The van der Waals surface area contributed by atoms with Crippen LogP contribution in [0.15, 0.2) is 36.7 Å². The summed E-state index contributed by atoms with van der Waals surface area (Å²) in [6.07, 6.45) is 8.44. The fourth-order valence-electron chi connectivity index (χ4n) is 5.82. The topological polar surface area (TPSA) is 85.9 Å². The molecule has 2 aromatic heterocycles. The predicted octanol–water partition coefficient (Wildman–Crippen LogP) is 3.59. The van der Waals surface area contributed by atoms with Gasteiger partial charge in [0.15, 0.2) is 5.82 Å². The van der Waals surface area contributed by atoms with E-state index in [2.05, 4.69) is 44.3 Å². The number of nitriles is 1. The second-order valence-corrected chi connectivity index (χ2v) is 10.5. The number of nitrogens with one attached hydrogen (secondary N) is 1. The quantitative estimate of drug-likeness (QED) is 0.551. The molecule has 3 aromatic rings. The van der Waals surface area contributed by atoms with Crippen LogP contribution in [0.25, 0.3) is 11.3 Å². The van der Waals surface area contributed by atoms with Gasteiger partial charge in [0.25, 0.3) is 0 Å². The minimum Gasteiger partial charge on any atom is -0.307 e. The van der Waals surface area contributed by atoms with Crippen molar-refractivity contribution in [1.82, 2.24) is 29.5 Å². The number of aryl methyl sites for hydroxylation is 1. The zero-order valence-corrected chi connectivity index (χ0v) is 22.0. The fourth-order valence-corrected chi connectivity index (χ4v) is 5.82. The first-order chi connectivity index (χ1) is 17.0. The molecular formula is C27H34N8S. The molecule has 0 bridgehead atoms. The second-order valence-electron chi connectivity index (χ2n) is 10.5. The van der Waals surface area contributed by atoms with Crippen LogP contribution < -0.4 is 5.32 Å². The van der Waals surface area contributed by atoms with Crippen molar-refractivity contribution in [3.05, 3.63) is 53.3 Å². The molecule has 1 aromatic carbocycles. The van der Waals surface area contributed by atoms with E-state index < -0.39 is 0 Å². The lowest BCUT2D eigenvalue weighted by molar-refractivity contribution is 0.107. The Morgan fingerprint density at radius 2 is 1.97 bits per heavy atom. The van der Waals surface area contributed by atoms with Gasteiger partial charge in [0.1, 0.15) is 0 Å². The van der Waals surface area contributed by atoms with E-state index >= 15 is 0 Å². The molecule has 2 aliphatic carbocycles. The van der Waals surface area contributed by atoms with Crippen LogP contribution >= 0.6 is 13.5 Å². The molecule has 1 aliphatic heterocycles. The molecule has 1 atom stereocenters. The maximum atomic E-state index is 9.98. The molecule has 9 heteroatoms. The third-order valence-electron chi connectivity index (χ3n) is 7.89. The van der Waals surface area contributed by atoms with Gasteiger partial charge in [0.05, 0.1) is 17.3 Å². The third kappa shape index (κ3) is 4.85. The van der Waals surface area contributed by atoms with E-state index in [9.17, 15) is 5.26 Å². The van der Waals surface area contributed by atoms with E-state index in [0.29, 0.717) is 11.8 Å². The van der Waals surface area contributed by atoms with Gasteiger partial charge in [-0.05, 0) is 55.0 Å². The molecule has 0 amide bonds. The number of anilines is 2. The van der Waals surface area contributed by atoms with Crippen molar-refractivity contribution >= 4 is 25.3 Å². The number of nitrogens with zero attached hydrogens (tertiary/aromatic N) is 7. The molecule has 36 heavy (non-hydrogen) atoms. The number of aromatic nitrogens is 4. The average molecular weight is 503 g/mol. The third-order valence-corrected chi connectivity index (χ3v) is 7.89. The highest BCUT2D eigenvalue weighted by molar-refractivity contribution is 7.59. The van der Waals surface area contributed by atoms with Gasteiger partial charge >= 0.3 is 0 Å². The van der Waals surface area contributed by atoms with Crippen LogP contribution in [-0.2, 0) is 18.9 Å². The fraction of sp³-hybridized carbons (Fsp3) is 0.481. The number of hydrogen-bond donors (Lipinski definition) is 1. The number of rotatable bonds is 6. The van der Waals surface area contributed by atoms with Crippen LogP contribution in [0.2, 0.25) is 0 Å². The molecule has 188 valence electrons. The van der Waals surface area contributed by atoms with Gasteiger partial charge in [0.2, 0.25) is 5.95 Å². The van der Waals surface area contributed by atoms with Crippen LogP contribution in [0.1, 0.15) is 42.9 Å². The number of benzene rings is 1. The van der Waals surface area contributed by atoms with E-state index in [1.165, 1.54) is 37.1 Å². The number of hydrogen-bond acceptors (Lipinski definition) is 7. The van der Waals surface area contributed by atoms with Crippen LogP contribution in [0.3, 0.4) is 0 Å². The standard InChI is InChI=1S/C27H32N8.H2S/c1-27(18-34-11-13-35(14-12-34)21-3-4-21)8-5-22-20(17-28)15-19(16-23(22)27)24-6-9-29-26(30-24)31-25-7-10-33(2)32-25;/h6-7,9-10,15-16,21H,3-5,8,11-14,18H2,1-2H3,(H,29,30,31,32);1H2/t27-;/m0./s1. The minimum absolute atomic E-state index is 0. The van der Waals surface area contributed by atoms with E-state index in [1.807, 2.05) is 31.4 Å². The van der Waals surface area contributed by atoms with Crippen molar-refractivity contribution < 1.29 is 0 Å². The lowest BCUT2D eigenvalue weighted by Gasteiger charge is -2.39. The highest BCUT2D eigenvalue weighted by Crippen LogP contribution is 2.43. The highest BCUT2D eigenvalue weighted by atomic mass is 32.1. The van der Waals surface area contributed by atoms with Crippen molar-refractivity contribution in [2.24, 2.45) is 7.05 Å². The molecule has 2 fully saturated rings. The van der Waals surface area contributed by atoms with Crippen LogP contribution in [0.4, 0.5) is 11.8 Å². The van der Waals surface area contributed by atoms with Crippen LogP contribution in [0.5, 0.6) is 0 Å². The predicted molar refractivity (Wildman–Crippen MR) is 146 cm³/mol. The average Bonchev–Trinajstić information content (AvgIpc) is 3.56. The van der Waals surface area contributed by atoms with Gasteiger partial charge in [-0.15, -0.1) is 0 Å². The summed E-state index contributed by atoms with van der Waals surface area (Å²) in [5.74, 6) is 1.20. The summed E-state index contributed by atoms with van der Waals surface area (Å²) in [6.45, 7) is 8.07. The largest absolute Gasteiger partial charge is 0.307 e. The summed E-state index contributed by atoms with van der Waals surface area (Å²) in [5, 5.41) is 17.5. The minimum atomic E-state index is 0. The van der Waals surface area contributed by atoms with Gasteiger partial charge in [-0.1, -0.05) is 6.92 Å². The Hall–Kier alpha value is -2.93. The summed E-state index contributed by atoms with van der Waals surface area (Å²) in [6, 6.07) is 11.4.